The fraction of sp³-hybridized carbons (Fsp3) is 0.633. The van der Waals surface area contributed by atoms with Gasteiger partial charge in [0.2, 0.25) is 17.7 Å². The first kappa shape index (κ1) is 36.2. The molecule has 2 aliphatic heterocycles. The van der Waals surface area contributed by atoms with Crippen molar-refractivity contribution in [1.29, 1.82) is 0 Å². The van der Waals surface area contributed by atoms with E-state index in [1.165, 1.54) is 18.8 Å². The van der Waals surface area contributed by atoms with E-state index in [9.17, 15) is 33.9 Å². The van der Waals surface area contributed by atoms with Crippen LogP contribution in [0.5, 0.6) is 5.75 Å². The first-order valence-electron chi connectivity index (χ1n) is 15.5. The van der Waals surface area contributed by atoms with Crippen LogP contribution in [0.3, 0.4) is 0 Å². The highest BCUT2D eigenvalue weighted by Gasteiger charge is 2.31. The van der Waals surface area contributed by atoms with Crippen molar-refractivity contribution in [3.05, 3.63) is 24.0 Å². The molecule has 0 spiro atoms. The van der Waals surface area contributed by atoms with Crippen LogP contribution in [0.15, 0.2) is 18.5 Å². The Morgan fingerprint density at radius 3 is 2.33 bits per heavy atom. The minimum Gasteiger partial charge on any atom is -0.490 e. The number of carbonyl (C=O) groups is 6. The molecule has 0 radical (unpaired) electrons. The fourth-order valence-electron chi connectivity index (χ4n) is 5.60. The molecule has 16 heteroatoms. The van der Waals surface area contributed by atoms with Crippen LogP contribution in [0.1, 0.15) is 56.6 Å². The summed E-state index contributed by atoms with van der Waals surface area (Å²) in [6.07, 6.45) is 7.60. The van der Waals surface area contributed by atoms with Crippen LogP contribution in [-0.2, 0) is 28.8 Å². The Morgan fingerprint density at radius 2 is 1.65 bits per heavy atom. The summed E-state index contributed by atoms with van der Waals surface area (Å²) >= 11 is 0. The predicted octanol–water partition coefficient (Wildman–Crippen LogP) is -0.206. The van der Waals surface area contributed by atoms with Crippen molar-refractivity contribution in [2.75, 3.05) is 65.5 Å². The summed E-state index contributed by atoms with van der Waals surface area (Å²) in [6, 6.07) is 0.641. The molecule has 2 aliphatic rings. The lowest BCUT2D eigenvalue weighted by atomic mass is 9.95. The molecule has 2 atom stereocenters. The van der Waals surface area contributed by atoms with Crippen molar-refractivity contribution in [1.82, 2.24) is 30.3 Å². The van der Waals surface area contributed by atoms with E-state index in [1.54, 1.807) is 11.0 Å². The van der Waals surface area contributed by atoms with Gasteiger partial charge in [0, 0.05) is 32.3 Å². The number of aromatic nitrogens is 1. The number of amides is 3. The average molecular weight is 649 g/mol. The normalized spacial score (nSPS) is 17.6. The quantitative estimate of drug-likeness (QED) is 0.130. The van der Waals surface area contributed by atoms with Crippen LogP contribution in [0, 0.1) is 5.92 Å². The van der Waals surface area contributed by atoms with Gasteiger partial charge in [-0.1, -0.05) is 6.42 Å². The molecule has 0 bridgehead atoms. The van der Waals surface area contributed by atoms with E-state index in [0.717, 1.165) is 30.8 Å². The van der Waals surface area contributed by atoms with Crippen molar-refractivity contribution in [2.24, 2.45) is 5.92 Å². The number of likely N-dealkylation sites (tertiary alicyclic amines) is 2. The highest BCUT2D eigenvalue weighted by Crippen LogP contribution is 2.24. The molecule has 1 aromatic heterocycles. The third-order valence-electron chi connectivity index (χ3n) is 7.85. The molecule has 46 heavy (non-hydrogen) atoms. The number of nitrogens with zero attached hydrogens (tertiary/aromatic N) is 4. The number of hydrogen-bond acceptors (Lipinski definition) is 10. The van der Waals surface area contributed by atoms with Gasteiger partial charge in [0.15, 0.2) is 0 Å². The van der Waals surface area contributed by atoms with Gasteiger partial charge < -0.3 is 40.5 Å². The monoisotopic (exact) mass is 648 g/mol. The highest BCUT2D eigenvalue weighted by molar-refractivity contribution is 5.82. The van der Waals surface area contributed by atoms with Gasteiger partial charge in [0.05, 0.1) is 50.8 Å². The van der Waals surface area contributed by atoms with E-state index in [-0.39, 0.29) is 37.3 Å². The topological polar surface area (TPSA) is 219 Å². The second-order valence-electron chi connectivity index (χ2n) is 11.6. The summed E-state index contributed by atoms with van der Waals surface area (Å²) in [6.45, 7) is 1.93. The van der Waals surface area contributed by atoms with Gasteiger partial charge in [0.25, 0.3) is 0 Å². The van der Waals surface area contributed by atoms with Crippen LogP contribution in [0.4, 0.5) is 0 Å². The number of hydrogen-bond donors (Lipinski definition) is 5. The van der Waals surface area contributed by atoms with E-state index in [1.807, 2.05) is 0 Å². The predicted molar refractivity (Wildman–Crippen MR) is 162 cm³/mol. The molecule has 1 aromatic rings. The number of carboxylic acids is 3. The van der Waals surface area contributed by atoms with Gasteiger partial charge in [0.1, 0.15) is 12.4 Å². The third kappa shape index (κ3) is 13.0. The van der Waals surface area contributed by atoms with Crippen molar-refractivity contribution in [2.45, 2.75) is 51.0 Å². The molecule has 2 fully saturated rings. The molecule has 2 saturated heterocycles. The van der Waals surface area contributed by atoms with Crippen molar-refractivity contribution >= 4 is 35.6 Å². The summed E-state index contributed by atoms with van der Waals surface area (Å²) in [5, 5.41) is 32.7. The molecule has 5 N–H and O–H groups in total. The van der Waals surface area contributed by atoms with E-state index in [0.29, 0.717) is 37.9 Å². The van der Waals surface area contributed by atoms with Crippen LogP contribution in [0.2, 0.25) is 0 Å². The summed E-state index contributed by atoms with van der Waals surface area (Å²) in [7, 11) is 0. The number of carboxylic acid groups (broad SMARTS) is 3. The zero-order valence-electron chi connectivity index (χ0n) is 25.9. The number of rotatable bonds is 18. The minimum atomic E-state index is -1.27. The summed E-state index contributed by atoms with van der Waals surface area (Å²) in [5.41, 5.74) is 0.403. The van der Waals surface area contributed by atoms with Crippen molar-refractivity contribution in [3.63, 3.8) is 0 Å². The number of nitrogens with one attached hydrogen (secondary N) is 2. The zero-order valence-corrected chi connectivity index (χ0v) is 25.9. The fourth-order valence-corrected chi connectivity index (χ4v) is 5.60. The SMILES string of the molecule is O=C(O)C[C@H](NC(=O)[C@@H]1CCCN(C(=O)CCN2CCCCC2)C1)c1cncc(OCCNC(=O)CN(CC(=O)O)CC(=O)O)c1. The largest absolute Gasteiger partial charge is 0.490 e. The Hall–Kier alpha value is -4.31. The van der Waals surface area contributed by atoms with E-state index >= 15 is 0 Å². The summed E-state index contributed by atoms with van der Waals surface area (Å²) in [4.78, 5) is 80.9. The lowest BCUT2D eigenvalue weighted by Crippen LogP contribution is -2.47. The number of ether oxygens (including phenoxy) is 1. The summed E-state index contributed by atoms with van der Waals surface area (Å²) in [5.74, 6) is -4.78. The number of pyridine rings is 1. The van der Waals surface area contributed by atoms with Crippen LogP contribution >= 0.6 is 0 Å². The van der Waals surface area contributed by atoms with Gasteiger partial charge in [-0.25, -0.2) is 0 Å². The molecule has 0 aliphatic carbocycles. The van der Waals surface area contributed by atoms with Gasteiger partial charge in [-0.05, 0) is 50.4 Å². The van der Waals surface area contributed by atoms with Crippen molar-refractivity contribution in [3.8, 4) is 5.75 Å². The van der Waals surface area contributed by atoms with E-state index in [2.05, 4.69) is 20.5 Å². The standard InChI is InChI=1S/C30H44N6O10/c37-25(18-35(19-28(41)42)20-29(43)44)32-7-12-46-23-13-22(15-31-16-23)24(14-27(39)40)33-30(45)21-5-4-10-36(17-21)26(38)6-11-34-8-2-1-3-9-34/h13,15-16,21,24H,1-12,14,17-20H2,(H,32,37)(H,33,45)(H,39,40)(H,41,42)(H,43,44)/t21-,24+/m1/s1. The molecule has 3 amide bonds. The molecule has 0 saturated carbocycles. The first-order chi connectivity index (χ1) is 22.0. The lowest BCUT2D eigenvalue weighted by Gasteiger charge is -2.34. The maximum atomic E-state index is 13.3. The Bertz CT molecular complexity index is 1210. The molecule has 0 aromatic carbocycles. The Labute approximate surface area is 267 Å². The molecule has 3 heterocycles. The molecule has 16 nitrogen and oxygen atoms in total. The Morgan fingerprint density at radius 1 is 0.935 bits per heavy atom. The Kier molecular flexibility index (Phi) is 14.6. The molecule has 0 unspecified atom stereocenters. The van der Waals surface area contributed by atoms with Gasteiger partial charge in [-0.3, -0.25) is 38.7 Å². The van der Waals surface area contributed by atoms with Crippen LogP contribution in [0.25, 0.3) is 0 Å². The smallest absolute Gasteiger partial charge is 0.317 e. The van der Waals surface area contributed by atoms with E-state index in [4.69, 9.17) is 14.9 Å². The van der Waals surface area contributed by atoms with Gasteiger partial charge in [-0.2, -0.15) is 0 Å². The van der Waals surface area contributed by atoms with Crippen LogP contribution < -0.4 is 15.4 Å². The third-order valence-corrected chi connectivity index (χ3v) is 7.85. The van der Waals surface area contributed by atoms with E-state index < -0.39 is 61.8 Å². The second kappa shape index (κ2) is 18.6. The lowest BCUT2D eigenvalue weighted by molar-refractivity contribution is -0.143. The minimum absolute atomic E-state index is 0.0151. The van der Waals surface area contributed by atoms with Crippen molar-refractivity contribution < 1.29 is 48.8 Å². The number of carbonyl (C=O) groups excluding carboxylic acids is 3. The zero-order chi connectivity index (χ0) is 33.5. The first-order valence-corrected chi connectivity index (χ1v) is 15.5. The maximum absolute atomic E-state index is 13.3. The molecule has 3 rings (SSSR count). The highest BCUT2D eigenvalue weighted by atomic mass is 16.5. The molecule has 254 valence electrons. The molecular weight excluding hydrogens is 604 g/mol. The summed E-state index contributed by atoms with van der Waals surface area (Å²) < 4.78 is 5.63. The Balaban J connectivity index is 1.50. The number of aliphatic carboxylic acids is 3. The average Bonchev–Trinajstić information content (AvgIpc) is 3.01. The van der Waals surface area contributed by atoms with Gasteiger partial charge in [-0.15, -0.1) is 0 Å². The molecular formula is C30H44N6O10. The number of piperidine rings is 2. The maximum Gasteiger partial charge on any atom is 0.317 e. The second-order valence-corrected chi connectivity index (χ2v) is 11.6. The van der Waals surface area contributed by atoms with Gasteiger partial charge >= 0.3 is 17.9 Å². The van der Waals surface area contributed by atoms with Crippen LogP contribution in [-0.4, -0.2) is 136 Å².